The van der Waals surface area contributed by atoms with Crippen molar-refractivity contribution >= 4 is 27.3 Å². The predicted molar refractivity (Wildman–Crippen MR) is 62.1 cm³/mol. The van der Waals surface area contributed by atoms with Crippen LogP contribution in [0.4, 0.5) is 0 Å². The first kappa shape index (κ1) is 9.89. The number of hydrogen-bond donors (Lipinski definition) is 1. The van der Waals surface area contributed by atoms with Gasteiger partial charge in [0.2, 0.25) is 0 Å². The molecular formula is C9H10BrN3S. The number of halogens is 1. The minimum atomic E-state index is 0.526. The second-order valence-electron chi connectivity index (χ2n) is 3.01. The van der Waals surface area contributed by atoms with Gasteiger partial charge in [-0.05, 0) is 22.0 Å². The van der Waals surface area contributed by atoms with Gasteiger partial charge in [0.15, 0.2) is 0 Å². The summed E-state index contributed by atoms with van der Waals surface area (Å²) in [7, 11) is 1.91. The number of thiophene rings is 1. The summed E-state index contributed by atoms with van der Waals surface area (Å²) in [6.45, 7) is 0.526. The summed E-state index contributed by atoms with van der Waals surface area (Å²) in [5.41, 5.74) is 7.72. The number of nitrogens with zero attached hydrogens (tertiary/aromatic N) is 2. The van der Waals surface area contributed by atoms with E-state index < -0.39 is 0 Å². The Morgan fingerprint density at radius 2 is 2.43 bits per heavy atom. The lowest BCUT2D eigenvalue weighted by atomic mass is 10.2. The number of hydrogen-bond acceptors (Lipinski definition) is 3. The van der Waals surface area contributed by atoms with Crippen LogP contribution in [0.2, 0.25) is 0 Å². The van der Waals surface area contributed by atoms with E-state index in [9.17, 15) is 0 Å². The SMILES string of the molecule is Cn1cc(CN)c(-c2cc(Br)cs2)n1. The zero-order valence-electron chi connectivity index (χ0n) is 7.70. The fourth-order valence-electron chi connectivity index (χ4n) is 1.33. The van der Waals surface area contributed by atoms with Crippen LogP contribution in [0, 0.1) is 0 Å². The Hall–Kier alpha value is -0.650. The molecule has 2 aromatic heterocycles. The molecule has 3 nitrogen and oxygen atoms in total. The van der Waals surface area contributed by atoms with E-state index in [2.05, 4.69) is 27.1 Å². The minimum Gasteiger partial charge on any atom is -0.326 e. The van der Waals surface area contributed by atoms with Crippen molar-refractivity contribution in [2.24, 2.45) is 12.8 Å². The Morgan fingerprint density at radius 1 is 1.64 bits per heavy atom. The monoisotopic (exact) mass is 271 g/mol. The van der Waals surface area contributed by atoms with E-state index in [0.29, 0.717) is 6.54 Å². The Bertz CT molecular complexity index is 447. The highest BCUT2D eigenvalue weighted by Gasteiger charge is 2.10. The van der Waals surface area contributed by atoms with Crippen LogP contribution in [-0.4, -0.2) is 9.78 Å². The van der Waals surface area contributed by atoms with Gasteiger partial charge in [-0.15, -0.1) is 11.3 Å². The smallest absolute Gasteiger partial charge is 0.107 e. The number of rotatable bonds is 2. The molecule has 0 unspecified atom stereocenters. The molecule has 2 heterocycles. The van der Waals surface area contributed by atoms with Gasteiger partial charge >= 0.3 is 0 Å². The van der Waals surface area contributed by atoms with Crippen molar-refractivity contribution < 1.29 is 0 Å². The maximum atomic E-state index is 5.65. The first-order valence-electron chi connectivity index (χ1n) is 4.17. The molecule has 0 aromatic carbocycles. The van der Waals surface area contributed by atoms with Crippen LogP contribution in [-0.2, 0) is 13.6 Å². The Morgan fingerprint density at radius 3 is 3.00 bits per heavy atom. The van der Waals surface area contributed by atoms with Crippen LogP contribution >= 0.6 is 27.3 Å². The highest BCUT2D eigenvalue weighted by Crippen LogP contribution is 2.30. The third-order valence-corrected chi connectivity index (χ3v) is 3.62. The molecule has 0 atom stereocenters. The summed E-state index contributed by atoms with van der Waals surface area (Å²) in [6, 6.07) is 2.06. The van der Waals surface area contributed by atoms with Gasteiger partial charge < -0.3 is 5.73 Å². The molecule has 0 amide bonds. The summed E-state index contributed by atoms with van der Waals surface area (Å²) >= 11 is 5.09. The maximum Gasteiger partial charge on any atom is 0.107 e. The van der Waals surface area contributed by atoms with E-state index in [-0.39, 0.29) is 0 Å². The zero-order valence-corrected chi connectivity index (χ0v) is 10.1. The molecule has 0 aliphatic heterocycles. The van der Waals surface area contributed by atoms with Crippen LogP contribution in [0.1, 0.15) is 5.56 Å². The van der Waals surface area contributed by atoms with E-state index in [1.807, 2.05) is 18.6 Å². The van der Waals surface area contributed by atoms with E-state index in [0.717, 1.165) is 20.6 Å². The molecule has 0 saturated carbocycles. The average Bonchev–Trinajstić information content (AvgIpc) is 2.71. The van der Waals surface area contributed by atoms with Gasteiger partial charge in [-0.2, -0.15) is 5.10 Å². The van der Waals surface area contributed by atoms with E-state index in [1.165, 1.54) is 0 Å². The molecule has 2 N–H and O–H groups in total. The minimum absolute atomic E-state index is 0.526. The van der Waals surface area contributed by atoms with Crippen molar-refractivity contribution in [3.05, 3.63) is 27.7 Å². The Balaban J connectivity index is 2.49. The van der Waals surface area contributed by atoms with Crippen LogP contribution in [0.15, 0.2) is 22.1 Å². The molecule has 2 rings (SSSR count). The Labute approximate surface area is 94.7 Å². The van der Waals surface area contributed by atoms with Crippen molar-refractivity contribution in [3.63, 3.8) is 0 Å². The molecule has 2 aromatic rings. The molecule has 0 fully saturated rings. The second-order valence-corrected chi connectivity index (χ2v) is 4.84. The van der Waals surface area contributed by atoms with Crippen LogP contribution in [0.25, 0.3) is 10.6 Å². The molecule has 0 spiro atoms. The van der Waals surface area contributed by atoms with Gasteiger partial charge in [0.05, 0.1) is 4.88 Å². The lowest BCUT2D eigenvalue weighted by Crippen LogP contribution is -1.95. The molecule has 74 valence electrons. The lowest BCUT2D eigenvalue weighted by Gasteiger charge is -1.93. The van der Waals surface area contributed by atoms with Gasteiger partial charge in [0.25, 0.3) is 0 Å². The third kappa shape index (κ3) is 1.75. The van der Waals surface area contributed by atoms with Gasteiger partial charge in [-0.1, -0.05) is 0 Å². The summed E-state index contributed by atoms with van der Waals surface area (Å²) in [6.07, 6.45) is 1.96. The molecule has 14 heavy (non-hydrogen) atoms. The molecule has 0 radical (unpaired) electrons. The number of nitrogens with two attached hydrogens (primary N) is 1. The Kier molecular flexibility index (Phi) is 2.71. The van der Waals surface area contributed by atoms with Crippen molar-refractivity contribution in [2.75, 3.05) is 0 Å². The van der Waals surface area contributed by atoms with Crippen LogP contribution in [0.5, 0.6) is 0 Å². The third-order valence-electron chi connectivity index (χ3n) is 1.93. The quantitative estimate of drug-likeness (QED) is 0.912. The largest absolute Gasteiger partial charge is 0.326 e. The molecule has 0 saturated heterocycles. The predicted octanol–water partition coefficient (Wildman–Crippen LogP) is 2.37. The van der Waals surface area contributed by atoms with Gasteiger partial charge in [0, 0.05) is 35.2 Å². The number of aromatic nitrogens is 2. The molecule has 5 heteroatoms. The standard InChI is InChI=1S/C9H10BrN3S/c1-13-4-6(3-11)9(12-13)8-2-7(10)5-14-8/h2,4-5H,3,11H2,1H3. The van der Waals surface area contributed by atoms with E-state index in [1.54, 1.807) is 16.0 Å². The first-order chi connectivity index (χ1) is 6.70. The molecular weight excluding hydrogens is 262 g/mol. The van der Waals surface area contributed by atoms with Crippen molar-refractivity contribution in [1.29, 1.82) is 0 Å². The highest BCUT2D eigenvalue weighted by atomic mass is 79.9. The average molecular weight is 272 g/mol. The topological polar surface area (TPSA) is 43.8 Å². The van der Waals surface area contributed by atoms with Gasteiger partial charge in [-0.3, -0.25) is 4.68 Å². The lowest BCUT2D eigenvalue weighted by molar-refractivity contribution is 0.770. The van der Waals surface area contributed by atoms with Crippen LogP contribution < -0.4 is 5.73 Å². The number of aryl methyl sites for hydroxylation is 1. The second kappa shape index (κ2) is 3.84. The van der Waals surface area contributed by atoms with Crippen molar-refractivity contribution in [3.8, 4) is 10.6 Å². The fraction of sp³-hybridized carbons (Fsp3) is 0.222. The van der Waals surface area contributed by atoms with Crippen molar-refractivity contribution in [1.82, 2.24) is 9.78 Å². The first-order valence-corrected chi connectivity index (χ1v) is 5.85. The molecule has 0 bridgehead atoms. The van der Waals surface area contributed by atoms with Crippen molar-refractivity contribution in [2.45, 2.75) is 6.54 Å². The summed E-state index contributed by atoms with van der Waals surface area (Å²) in [5.74, 6) is 0. The van der Waals surface area contributed by atoms with Gasteiger partial charge in [-0.25, -0.2) is 0 Å². The van der Waals surface area contributed by atoms with E-state index >= 15 is 0 Å². The highest BCUT2D eigenvalue weighted by molar-refractivity contribution is 9.10. The van der Waals surface area contributed by atoms with E-state index in [4.69, 9.17) is 5.73 Å². The maximum absolute atomic E-state index is 5.65. The van der Waals surface area contributed by atoms with Crippen LogP contribution in [0.3, 0.4) is 0 Å². The summed E-state index contributed by atoms with van der Waals surface area (Å²) in [5, 5.41) is 6.44. The zero-order chi connectivity index (χ0) is 10.1. The summed E-state index contributed by atoms with van der Waals surface area (Å²) in [4.78, 5) is 1.15. The normalized spacial score (nSPS) is 10.8. The molecule has 0 aliphatic rings. The summed E-state index contributed by atoms with van der Waals surface area (Å²) < 4.78 is 2.89. The van der Waals surface area contributed by atoms with Gasteiger partial charge in [0.1, 0.15) is 5.69 Å². The molecule has 0 aliphatic carbocycles. The fourth-order valence-corrected chi connectivity index (χ4v) is 2.78.